The summed E-state index contributed by atoms with van der Waals surface area (Å²) in [5, 5.41) is 0. The zero-order valence-corrected chi connectivity index (χ0v) is 20.0. The molecule has 0 aliphatic heterocycles. The standard InChI is InChI=1S/C26H44O6/c1-3-24(27)31-20-14-7-5-12-18-29-22-26(16-10-9-11-17-26)23-30-19-13-6-8-15-21-32-25(28)4-2/h3-4H,1-2,5-23H2. The van der Waals surface area contributed by atoms with E-state index in [-0.39, 0.29) is 17.4 Å². The lowest BCUT2D eigenvalue weighted by Crippen LogP contribution is -2.35. The Morgan fingerprint density at radius 1 is 0.625 bits per heavy atom. The summed E-state index contributed by atoms with van der Waals surface area (Å²) in [5.41, 5.74) is 0.177. The van der Waals surface area contributed by atoms with Crippen molar-refractivity contribution in [2.75, 3.05) is 39.6 Å². The van der Waals surface area contributed by atoms with Crippen LogP contribution in [-0.2, 0) is 28.5 Å². The van der Waals surface area contributed by atoms with Gasteiger partial charge in [-0.15, -0.1) is 0 Å². The number of carbonyl (C=O) groups excluding carboxylic acids is 2. The van der Waals surface area contributed by atoms with Gasteiger partial charge >= 0.3 is 11.9 Å². The first-order valence-corrected chi connectivity index (χ1v) is 12.4. The predicted octanol–water partition coefficient (Wildman–Crippen LogP) is 5.55. The van der Waals surface area contributed by atoms with Gasteiger partial charge in [0.2, 0.25) is 0 Å². The minimum Gasteiger partial charge on any atom is -0.463 e. The second-order valence-corrected chi connectivity index (χ2v) is 8.74. The van der Waals surface area contributed by atoms with E-state index < -0.39 is 0 Å². The molecule has 1 aliphatic rings. The van der Waals surface area contributed by atoms with Gasteiger partial charge < -0.3 is 18.9 Å². The van der Waals surface area contributed by atoms with Crippen molar-refractivity contribution >= 4 is 11.9 Å². The number of esters is 2. The summed E-state index contributed by atoms with van der Waals surface area (Å²) in [4.78, 5) is 21.9. The molecule has 6 nitrogen and oxygen atoms in total. The lowest BCUT2D eigenvalue weighted by atomic mass is 9.75. The van der Waals surface area contributed by atoms with Crippen molar-refractivity contribution < 1.29 is 28.5 Å². The highest BCUT2D eigenvalue weighted by atomic mass is 16.5. The molecule has 6 heteroatoms. The first-order valence-electron chi connectivity index (χ1n) is 12.4. The molecule has 0 radical (unpaired) electrons. The van der Waals surface area contributed by atoms with Gasteiger partial charge in [0.25, 0.3) is 0 Å². The van der Waals surface area contributed by atoms with E-state index in [2.05, 4.69) is 13.2 Å². The van der Waals surface area contributed by atoms with Crippen molar-refractivity contribution in [3.8, 4) is 0 Å². The molecule has 0 amide bonds. The average Bonchev–Trinajstić information content (AvgIpc) is 2.82. The zero-order valence-electron chi connectivity index (χ0n) is 20.0. The Balaban J connectivity index is 2.06. The van der Waals surface area contributed by atoms with Gasteiger partial charge in [-0.05, 0) is 51.4 Å². The van der Waals surface area contributed by atoms with Crippen molar-refractivity contribution in [3.05, 3.63) is 25.3 Å². The van der Waals surface area contributed by atoms with Crippen molar-refractivity contribution in [3.63, 3.8) is 0 Å². The minimum atomic E-state index is -0.347. The van der Waals surface area contributed by atoms with Crippen LogP contribution in [0.4, 0.5) is 0 Å². The number of ether oxygens (including phenoxy) is 4. The van der Waals surface area contributed by atoms with Gasteiger partial charge in [-0.25, -0.2) is 9.59 Å². The molecule has 1 saturated carbocycles. The van der Waals surface area contributed by atoms with E-state index in [1.54, 1.807) is 0 Å². The summed E-state index contributed by atoms with van der Waals surface area (Å²) in [7, 11) is 0. The Kier molecular flexibility index (Phi) is 16.7. The third-order valence-electron chi connectivity index (χ3n) is 5.92. The molecule has 0 atom stereocenters. The molecule has 1 aliphatic carbocycles. The maximum atomic E-state index is 11.0. The molecule has 0 aromatic carbocycles. The molecule has 0 N–H and O–H groups in total. The van der Waals surface area contributed by atoms with Gasteiger partial charge in [0.05, 0.1) is 26.4 Å². The quantitative estimate of drug-likeness (QED) is 0.137. The summed E-state index contributed by atoms with van der Waals surface area (Å²) in [5.74, 6) is -0.695. The summed E-state index contributed by atoms with van der Waals surface area (Å²) in [6.45, 7) is 10.9. The van der Waals surface area contributed by atoms with Crippen molar-refractivity contribution in [2.24, 2.45) is 5.41 Å². The van der Waals surface area contributed by atoms with Crippen molar-refractivity contribution in [2.45, 2.75) is 83.5 Å². The first kappa shape index (κ1) is 28.4. The maximum Gasteiger partial charge on any atom is 0.330 e. The van der Waals surface area contributed by atoms with Crippen LogP contribution in [0.1, 0.15) is 83.5 Å². The Morgan fingerprint density at radius 3 is 1.44 bits per heavy atom. The van der Waals surface area contributed by atoms with E-state index >= 15 is 0 Å². The SMILES string of the molecule is C=CC(=O)OCCCCCCOCC1(COCCCCCCOC(=O)C=C)CCCCC1. The number of carbonyl (C=O) groups is 2. The molecule has 0 bridgehead atoms. The number of unbranched alkanes of at least 4 members (excludes halogenated alkanes) is 6. The Morgan fingerprint density at radius 2 is 1.03 bits per heavy atom. The van der Waals surface area contributed by atoms with Crippen LogP contribution in [0.5, 0.6) is 0 Å². The molecule has 184 valence electrons. The molecule has 32 heavy (non-hydrogen) atoms. The Hall–Kier alpha value is -1.66. The van der Waals surface area contributed by atoms with Crippen LogP contribution in [0.15, 0.2) is 25.3 Å². The Bertz CT molecular complexity index is 484. The highest BCUT2D eigenvalue weighted by molar-refractivity contribution is 5.81. The molecule has 0 spiro atoms. The van der Waals surface area contributed by atoms with Crippen LogP contribution in [0, 0.1) is 5.41 Å². The van der Waals surface area contributed by atoms with Crippen molar-refractivity contribution in [1.82, 2.24) is 0 Å². The maximum absolute atomic E-state index is 11.0. The van der Waals surface area contributed by atoms with E-state index in [0.29, 0.717) is 13.2 Å². The smallest absolute Gasteiger partial charge is 0.330 e. The number of rotatable bonds is 20. The highest BCUT2D eigenvalue weighted by Crippen LogP contribution is 2.37. The van der Waals surface area contributed by atoms with Crippen LogP contribution in [0.2, 0.25) is 0 Å². The molecule has 1 fully saturated rings. The van der Waals surface area contributed by atoms with E-state index in [1.807, 2.05) is 0 Å². The third-order valence-corrected chi connectivity index (χ3v) is 5.92. The molecular formula is C26H44O6. The number of hydrogen-bond donors (Lipinski definition) is 0. The van der Waals surface area contributed by atoms with E-state index in [4.69, 9.17) is 18.9 Å². The normalized spacial score (nSPS) is 15.1. The van der Waals surface area contributed by atoms with Gasteiger partial charge in [0, 0.05) is 30.8 Å². The third kappa shape index (κ3) is 14.4. The van der Waals surface area contributed by atoms with Gasteiger partial charge in [-0.2, -0.15) is 0 Å². The topological polar surface area (TPSA) is 71.1 Å². The lowest BCUT2D eigenvalue weighted by molar-refractivity contribution is -0.138. The largest absolute Gasteiger partial charge is 0.463 e. The van der Waals surface area contributed by atoms with Gasteiger partial charge in [-0.1, -0.05) is 45.3 Å². The van der Waals surface area contributed by atoms with Crippen LogP contribution in [0.25, 0.3) is 0 Å². The predicted molar refractivity (Wildman–Crippen MR) is 126 cm³/mol. The summed E-state index contributed by atoms with van der Waals surface area (Å²) in [6, 6.07) is 0. The Labute approximate surface area is 194 Å². The fourth-order valence-corrected chi connectivity index (χ4v) is 3.99. The first-order chi connectivity index (χ1) is 15.6. The monoisotopic (exact) mass is 452 g/mol. The highest BCUT2D eigenvalue weighted by Gasteiger charge is 2.32. The van der Waals surface area contributed by atoms with E-state index in [1.165, 1.54) is 44.3 Å². The number of hydrogen-bond acceptors (Lipinski definition) is 6. The summed E-state index contributed by atoms with van der Waals surface area (Å²) >= 11 is 0. The second-order valence-electron chi connectivity index (χ2n) is 8.74. The fourth-order valence-electron chi connectivity index (χ4n) is 3.99. The van der Waals surface area contributed by atoms with Crippen LogP contribution in [-0.4, -0.2) is 51.6 Å². The van der Waals surface area contributed by atoms with Gasteiger partial charge in [0.1, 0.15) is 0 Å². The van der Waals surface area contributed by atoms with Gasteiger partial charge in [0.15, 0.2) is 0 Å². The molecule has 0 saturated heterocycles. The molecule has 0 heterocycles. The van der Waals surface area contributed by atoms with Gasteiger partial charge in [-0.3, -0.25) is 0 Å². The van der Waals surface area contributed by atoms with Crippen LogP contribution >= 0.6 is 0 Å². The lowest BCUT2D eigenvalue weighted by Gasteiger charge is -2.36. The van der Waals surface area contributed by atoms with E-state index in [9.17, 15) is 9.59 Å². The summed E-state index contributed by atoms with van der Waals surface area (Å²) < 4.78 is 22.1. The molecule has 0 aromatic heterocycles. The fraction of sp³-hybridized carbons (Fsp3) is 0.769. The average molecular weight is 453 g/mol. The molecule has 1 rings (SSSR count). The van der Waals surface area contributed by atoms with E-state index in [0.717, 1.165) is 77.8 Å². The van der Waals surface area contributed by atoms with Crippen LogP contribution < -0.4 is 0 Å². The minimum absolute atomic E-state index is 0.177. The van der Waals surface area contributed by atoms with Crippen LogP contribution in [0.3, 0.4) is 0 Å². The molecule has 0 aromatic rings. The van der Waals surface area contributed by atoms with Crippen molar-refractivity contribution in [1.29, 1.82) is 0 Å². The summed E-state index contributed by atoms with van der Waals surface area (Å²) in [6.07, 6.45) is 16.7. The zero-order chi connectivity index (χ0) is 23.3. The second kappa shape index (κ2) is 18.9. The molecule has 0 unspecified atom stereocenters. The molecular weight excluding hydrogens is 408 g/mol.